The molecule has 9 heteroatoms. The SMILES string of the molecule is CC[C@H](C)NS(=O)(=O)c1ccc(OCC(=O)Nc2ccc(OC)c(Cl)c2)cc1. The van der Waals surface area contributed by atoms with E-state index in [9.17, 15) is 13.2 Å². The Balaban J connectivity index is 1.92. The molecule has 1 atom stereocenters. The molecule has 0 aromatic heterocycles. The zero-order chi connectivity index (χ0) is 20.7. The molecule has 0 aliphatic carbocycles. The molecule has 0 aliphatic rings. The van der Waals surface area contributed by atoms with Gasteiger partial charge in [-0.25, -0.2) is 13.1 Å². The van der Waals surface area contributed by atoms with Gasteiger partial charge in [-0.2, -0.15) is 0 Å². The highest BCUT2D eigenvalue weighted by Gasteiger charge is 2.16. The number of sulfonamides is 1. The fraction of sp³-hybridized carbons (Fsp3) is 0.316. The number of amides is 1. The van der Waals surface area contributed by atoms with Crippen LogP contribution in [0.15, 0.2) is 47.4 Å². The molecule has 2 N–H and O–H groups in total. The van der Waals surface area contributed by atoms with E-state index in [1.165, 1.54) is 31.4 Å². The topological polar surface area (TPSA) is 93.7 Å². The van der Waals surface area contributed by atoms with Crippen molar-refractivity contribution in [2.45, 2.75) is 31.2 Å². The number of halogens is 1. The first kappa shape index (κ1) is 22.0. The number of hydrogen-bond donors (Lipinski definition) is 2. The standard InChI is InChI=1S/C19H23ClN2O5S/c1-4-13(2)22-28(24,25)16-8-6-15(7-9-16)27-12-19(23)21-14-5-10-18(26-3)17(20)11-14/h5-11,13,22H,4,12H2,1-3H3,(H,21,23)/t13-/m0/s1. The summed E-state index contributed by atoms with van der Waals surface area (Å²) >= 11 is 6.02. The van der Waals surface area contributed by atoms with Crippen molar-refractivity contribution >= 4 is 33.2 Å². The number of benzene rings is 2. The van der Waals surface area contributed by atoms with Crippen LogP contribution in [0.25, 0.3) is 0 Å². The largest absolute Gasteiger partial charge is 0.495 e. The van der Waals surface area contributed by atoms with E-state index in [4.69, 9.17) is 21.1 Å². The normalized spacial score (nSPS) is 12.3. The number of nitrogens with one attached hydrogen (secondary N) is 2. The molecule has 0 saturated carbocycles. The summed E-state index contributed by atoms with van der Waals surface area (Å²) in [7, 11) is -2.07. The Labute approximate surface area is 170 Å². The smallest absolute Gasteiger partial charge is 0.262 e. The number of ether oxygens (including phenoxy) is 2. The van der Waals surface area contributed by atoms with Crippen molar-refractivity contribution in [1.82, 2.24) is 4.72 Å². The van der Waals surface area contributed by atoms with Gasteiger partial charge in [0.25, 0.3) is 5.91 Å². The van der Waals surface area contributed by atoms with Crippen LogP contribution in [0.5, 0.6) is 11.5 Å². The second kappa shape index (κ2) is 9.77. The summed E-state index contributed by atoms with van der Waals surface area (Å²) in [5.41, 5.74) is 0.511. The molecule has 0 aliphatic heterocycles. The van der Waals surface area contributed by atoms with Crippen molar-refractivity contribution < 1.29 is 22.7 Å². The van der Waals surface area contributed by atoms with Crippen LogP contribution < -0.4 is 19.5 Å². The molecule has 0 fully saturated rings. The van der Waals surface area contributed by atoms with Crippen molar-refractivity contribution in [2.75, 3.05) is 19.0 Å². The second-order valence-corrected chi connectivity index (χ2v) is 8.21. The quantitative estimate of drug-likeness (QED) is 0.640. The summed E-state index contributed by atoms with van der Waals surface area (Å²) in [5, 5.41) is 3.04. The van der Waals surface area contributed by atoms with E-state index in [1.54, 1.807) is 25.1 Å². The Kier molecular flexibility index (Phi) is 7.68. The molecule has 152 valence electrons. The Morgan fingerprint density at radius 3 is 2.43 bits per heavy atom. The molecule has 2 aromatic rings. The first-order valence-electron chi connectivity index (χ1n) is 8.63. The Morgan fingerprint density at radius 2 is 1.86 bits per heavy atom. The summed E-state index contributed by atoms with van der Waals surface area (Å²) in [6.45, 7) is 3.46. The maximum absolute atomic E-state index is 12.2. The molecule has 0 heterocycles. The average molecular weight is 427 g/mol. The van der Waals surface area contributed by atoms with Crippen LogP contribution in [0, 0.1) is 0 Å². The molecule has 0 saturated heterocycles. The monoisotopic (exact) mass is 426 g/mol. The van der Waals surface area contributed by atoms with Gasteiger partial charge in [0.1, 0.15) is 11.5 Å². The fourth-order valence-electron chi connectivity index (χ4n) is 2.22. The lowest BCUT2D eigenvalue weighted by molar-refractivity contribution is -0.118. The number of methoxy groups -OCH3 is 1. The van der Waals surface area contributed by atoms with Crippen molar-refractivity contribution in [3.8, 4) is 11.5 Å². The summed E-state index contributed by atoms with van der Waals surface area (Å²) in [6.07, 6.45) is 0.689. The van der Waals surface area contributed by atoms with Gasteiger partial charge in [-0.15, -0.1) is 0 Å². The highest BCUT2D eigenvalue weighted by molar-refractivity contribution is 7.89. The van der Waals surface area contributed by atoms with Crippen molar-refractivity contribution in [1.29, 1.82) is 0 Å². The molecule has 0 unspecified atom stereocenters. The second-order valence-electron chi connectivity index (χ2n) is 6.09. The first-order chi connectivity index (χ1) is 13.2. The van der Waals surface area contributed by atoms with E-state index in [-0.39, 0.29) is 23.5 Å². The average Bonchev–Trinajstić information content (AvgIpc) is 2.66. The van der Waals surface area contributed by atoms with Gasteiger partial charge >= 0.3 is 0 Å². The third kappa shape index (κ3) is 6.12. The maximum atomic E-state index is 12.2. The third-order valence-corrected chi connectivity index (χ3v) is 5.81. The Hall–Kier alpha value is -2.29. The summed E-state index contributed by atoms with van der Waals surface area (Å²) in [6, 6.07) is 10.6. The minimum atomic E-state index is -3.58. The van der Waals surface area contributed by atoms with Gasteiger partial charge in [0.2, 0.25) is 10.0 Å². The molecule has 1 amide bonds. The summed E-state index contributed by atoms with van der Waals surface area (Å²) in [4.78, 5) is 12.2. The van der Waals surface area contributed by atoms with E-state index in [0.717, 1.165) is 0 Å². The highest BCUT2D eigenvalue weighted by Crippen LogP contribution is 2.27. The Morgan fingerprint density at radius 1 is 1.18 bits per heavy atom. The molecular formula is C19H23ClN2O5S. The fourth-order valence-corrected chi connectivity index (χ4v) is 3.81. The predicted molar refractivity (Wildman–Crippen MR) is 109 cm³/mol. The molecule has 2 rings (SSSR count). The number of carbonyl (C=O) groups is 1. The Bertz CT molecular complexity index is 916. The van der Waals surface area contributed by atoms with Gasteiger partial charge in [0, 0.05) is 11.7 Å². The summed E-state index contributed by atoms with van der Waals surface area (Å²) < 4.78 is 37.5. The van der Waals surface area contributed by atoms with Crippen LogP contribution in [-0.2, 0) is 14.8 Å². The van der Waals surface area contributed by atoms with E-state index >= 15 is 0 Å². The number of hydrogen-bond acceptors (Lipinski definition) is 5. The molecule has 28 heavy (non-hydrogen) atoms. The van der Waals surface area contributed by atoms with Crippen LogP contribution in [0.2, 0.25) is 5.02 Å². The van der Waals surface area contributed by atoms with Crippen LogP contribution in [0.3, 0.4) is 0 Å². The van der Waals surface area contributed by atoms with Gasteiger partial charge < -0.3 is 14.8 Å². The van der Waals surface area contributed by atoms with Gasteiger partial charge in [-0.1, -0.05) is 18.5 Å². The van der Waals surface area contributed by atoms with Crippen LogP contribution in [0.1, 0.15) is 20.3 Å². The first-order valence-corrected chi connectivity index (χ1v) is 10.5. The number of rotatable bonds is 9. The third-order valence-electron chi connectivity index (χ3n) is 3.91. The molecule has 0 spiro atoms. The van der Waals surface area contributed by atoms with Crippen LogP contribution >= 0.6 is 11.6 Å². The van der Waals surface area contributed by atoms with E-state index < -0.39 is 10.0 Å². The van der Waals surface area contributed by atoms with E-state index in [0.29, 0.717) is 28.6 Å². The number of anilines is 1. The molecular weight excluding hydrogens is 404 g/mol. The van der Waals surface area contributed by atoms with Gasteiger partial charge in [-0.05, 0) is 55.8 Å². The van der Waals surface area contributed by atoms with Gasteiger partial charge in [-0.3, -0.25) is 4.79 Å². The van der Waals surface area contributed by atoms with Crippen molar-refractivity contribution in [3.63, 3.8) is 0 Å². The summed E-state index contributed by atoms with van der Waals surface area (Å²) in [5.74, 6) is 0.510. The van der Waals surface area contributed by atoms with Gasteiger partial charge in [0.15, 0.2) is 6.61 Å². The lowest BCUT2D eigenvalue weighted by Crippen LogP contribution is -2.31. The lowest BCUT2D eigenvalue weighted by atomic mass is 10.3. The molecule has 0 bridgehead atoms. The van der Waals surface area contributed by atoms with Crippen LogP contribution in [0.4, 0.5) is 5.69 Å². The van der Waals surface area contributed by atoms with Gasteiger partial charge in [0.05, 0.1) is 17.0 Å². The van der Waals surface area contributed by atoms with Crippen LogP contribution in [-0.4, -0.2) is 34.1 Å². The lowest BCUT2D eigenvalue weighted by Gasteiger charge is -2.13. The van der Waals surface area contributed by atoms with E-state index in [2.05, 4.69) is 10.0 Å². The zero-order valence-corrected chi connectivity index (χ0v) is 17.4. The minimum Gasteiger partial charge on any atom is -0.495 e. The number of carbonyl (C=O) groups excluding carboxylic acids is 1. The highest BCUT2D eigenvalue weighted by atomic mass is 35.5. The molecule has 7 nitrogen and oxygen atoms in total. The van der Waals surface area contributed by atoms with Crippen molar-refractivity contribution in [2.24, 2.45) is 0 Å². The molecule has 0 radical (unpaired) electrons. The minimum absolute atomic E-state index is 0.137. The predicted octanol–water partition coefficient (Wildman–Crippen LogP) is 3.44. The zero-order valence-electron chi connectivity index (χ0n) is 15.9. The van der Waals surface area contributed by atoms with E-state index in [1.807, 2.05) is 6.92 Å². The maximum Gasteiger partial charge on any atom is 0.262 e. The molecule has 2 aromatic carbocycles. The van der Waals surface area contributed by atoms with Crippen molar-refractivity contribution in [3.05, 3.63) is 47.5 Å².